The topological polar surface area (TPSA) is 61.3 Å². The van der Waals surface area contributed by atoms with Gasteiger partial charge in [-0.2, -0.15) is 0 Å². The normalized spacial score (nSPS) is 15.4. The molecule has 1 aromatic carbocycles. The van der Waals surface area contributed by atoms with Gasteiger partial charge in [0.05, 0.1) is 10.6 Å². The van der Waals surface area contributed by atoms with E-state index in [0.29, 0.717) is 12.0 Å². The molecule has 18 heavy (non-hydrogen) atoms. The monoisotopic (exact) mass is 308 g/mol. The summed E-state index contributed by atoms with van der Waals surface area (Å²) in [6.45, 7) is 0. The minimum Gasteiger partial charge on any atom is -0.489 e. The van der Waals surface area contributed by atoms with Gasteiger partial charge >= 0.3 is 0 Å². The summed E-state index contributed by atoms with van der Waals surface area (Å²) in [6, 6.07) is 7.57. The number of ether oxygens (including phenoxy) is 1. The second-order valence-corrected chi connectivity index (χ2v) is 5.28. The molecule has 2 aromatic rings. The summed E-state index contributed by atoms with van der Waals surface area (Å²) in [5, 5.41) is 3.88. The highest BCUT2D eigenvalue weighted by Gasteiger charge is 2.20. The average Bonchev–Trinajstić information content (AvgIpc) is 2.72. The van der Waals surface area contributed by atoms with Gasteiger partial charge in [-0.1, -0.05) is 5.16 Å². The van der Waals surface area contributed by atoms with Crippen molar-refractivity contribution in [1.29, 1.82) is 0 Å². The van der Waals surface area contributed by atoms with Crippen LogP contribution >= 0.6 is 15.9 Å². The largest absolute Gasteiger partial charge is 0.489 e. The standard InChI is InChI=1S/C13H13BrN2O2/c14-10-6-8(11-7-13(15)18-16-11)4-5-12(10)17-9-2-1-3-9/h4-7,9H,1-3,15H2. The Balaban J connectivity index is 1.83. The van der Waals surface area contributed by atoms with Crippen molar-refractivity contribution < 1.29 is 9.26 Å². The molecular formula is C13H13BrN2O2. The quantitative estimate of drug-likeness (QED) is 0.940. The van der Waals surface area contributed by atoms with E-state index in [-0.39, 0.29) is 0 Å². The molecule has 0 radical (unpaired) electrons. The number of aromatic nitrogens is 1. The summed E-state index contributed by atoms with van der Waals surface area (Å²) in [6.07, 6.45) is 3.93. The molecular weight excluding hydrogens is 296 g/mol. The lowest BCUT2D eigenvalue weighted by atomic mass is 9.96. The third kappa shape index (κ3) is 2.22. The molecule has 0 saturated heterocycles. The number of halogens is 1. The smallest absolute Gasteiger partial charge is 0.222 e. The summed E-state index contributed by atoms with van der Waals surface area (Å²) in [5.74, 6) is 1.19. The Morgan fingerprint density at radius 2 is 2.17 bits per heavy atom. The molecule has 94 valence electrons. The van der Waals surface area contributed by atoms with Crippen molar-refractivity contribution in [2.75, 3.05) is 5.73 Å². The SMILES string of the molecule is Nc1cc(-c2ccc(OC3CCC3)c(Br)c2)no1. The van der Waals surface area contributed by atoms with Crippen molar-refractivity contribution in [3.8, 4) is 17.0 Å². The van der Waals surface area contributed by atoms with Crippen LogP contribution in [0.2, 0.25) is 0 Å². The Morgan fingerprint density at radius 1 is 1.33 bits per heavy atom. The first-order valence-corrected chi connectivity index (χ1v) is 6.70. The number of nitrogens with two attached hydrogens (primary N) is 1. The zero-order valence-corrected chi connectivity index (χ0v) is 11.3. The Bertz CT molecular complexity index is 564. The molecule has 1 aromatic heterocycles. The van der Waals surface area contributed by atoms with E-state index in [1.165, 1.54) is 6.42 Å². The molecule has 0 unspecified atom stereocenters. The number of nitrogens with zero attached hydrogens (tertiary/aromatic N) is 1. The van der Waals surface area contributed by atoms with Gasteiger partial charge in [-0.15, -0.1) is 0 Å². The van der Waals surface area contributed by atoms with Crippen molar-refractivity contribution in [2.45, 2.75) is 25.4 Å². The minimum atomic E-state index is 0.316. The lowest BCUT2D eigenvalue weighted by Gasteiger charge is -2.26. The van der Waals surface area contributed by atoms with Crippen molar-refractivity contribution in [1.82, 2.24) is 5.16 Å². The Morgan fingerprint density at radius 3 is 2.72 bits per heavy atom. The van der Waals surface area contributed by atoms with Crippen LogP contribution in [0.3, 0.4) is 0 Å². The molecule has 0 aliphatic heterocycles. The van der Waals surface area contributed by atoms with E-state index in [1.807, 2.05) is 18.2 Å². The number of nitrogen functional groups attached to an aromatic ring is 1. The zero-order chi connectivity index (χ0) is 12.5. The highest BCUT2D eigenvalue weighted by Crippen LogP contribution is 2.34. The molecule has 1 saturated carbocycles. The molecule has 2 N–H and O–H groups in total. The maximum absolute atomic E-state index is 5.86. The number of benzene rings is 1. The molecule has 5 heteroatoms. The fourth-order valence-electron chi connectivity index (χ4n) is 1.85. The predicted octanol–water partition coefficient (Wildman–Crippen LogP) is 3.62. The predicted molar refractivity (Wildman–Crippen MR) is 72.3 cm³/mol. The molecule has 0 atom stereocenters. The Hall–Kier alpha value is -1.49. The maximum Gasteiger partial charge on any atom is 0.222 e. The third-order valence-corrected chi connectivity index (χ3v) is 3.72. The molecule has 1 heterocycles. The number of rotatable bonds is 3. The summed E-state index contributed by atoms with van der Waals surface area (Å²) in [4.78, 5) is 0. The second-order valence-electron chi connectivity index (χ2n) is 4.43. The molecule has 0 amide bonds. The van der Waals surface area contributed by atoms with Gasteiger partial charge < -0.3 is 15.0 Å². The van der Waals surface area contributed by atoms with Crippen LogP contribution in [0.1, 0.15) is 19.3 Å². The Labute approximate surface area is 113 Å². The zero-order valence-electron chi connectivity index (χ0n) is 9.73. The van der Waals surface area contributed by atoms with Gasteiger partial charge in [0.25, 0.3) is 0 Å². The average molecular weight is 309 g/mol. The van der Waals surface area contributed by atoms with Gasteiger partial charge in [0, 0.05) is 11.6 Å². The number of hydrogen-bond acceptors (Lipinski definition) is 4. The lowest BCUT2D eigenvalue weighted by Crippen LogP contribution is -2.24. The van der Waals surface area contributed by atoms with Crippen LogP contribution in [-0.2, 0) is 0 Å². The van der Waals surface area contributed by atoms with Gasteiger partial charge in [0.1, 0.15) is 11.4 Å². The molecule has 1 aliphatic rings. The maximum atomic E-state index is 5.86. The van der Waals surface area contributed by atoms with E-state index in [2.05, 4.69) is 21.1 Å². The van der Waals surface area contributed by atoms with Crippen LogP contribution in [0.5, 0.6) is 5.75 Å². The van der Waals surface area contributed by atoms with E-state index in [0.717, 1.165) is 34.3 Å². The first-order chi connectivity index (χ1) is 8.72. The highest BCUT2D eigenvalue weighted by atomic mass is 79.9. The summed E-state index contributed by atoms with van der Waals surface area (Å²) in [7, 11) is 0. The van der Waals surface area contributed by atoms with Gasteiger partial charge in [0.2, 0.25) is 5.88 Å². The summed E-state index contributed by atoms with van der Waals surface area (Å²) >= 11 is 3.52. The Kier molecular flexibility index (Phi) is 2.99. The minimum absolute atomic E-state index is 0.316. The summed E-state index contributed by atoms with van der Waals surface area (Å²) < 4.78 is 11.6. The van der Waals surface area contributed by atoms with Gasteiger partial charge in [-0.25, -0.2) is 0 Å². The first kappa shape index (κ1) is 11.6. The summed E-state index contributed by atoms with van der Waals surface area (Å²) in [5.41, 5.74) is 7.18. The van der Waals surface area contributed by atoms with Crippen LogP contribution in [0.4, 0.5) is 5.88 Å². The van der Waals surface area contributed by atoms with Crippen molar-refractivity contribution in [3.63, 3.8) is 0 Å². The van der Waals surface area contributed by atoms with Gasteiger partial charge in [-0.3, -0.25) is 0 Å². The number of hydrogen-bond donors (Lipinski definition) is 1. The van der Waals surface area contributed by atoms with E-state index < -0.39 is 0 Å². The van der Waals surface area contributed by atoms with Crippen LogP contribution in [-0.4, -0.2) is 11.3 Å². The van der Waals surface area contributed by atoms with Crippen LogP contribution in [0.25, 0.3) is 11.3 Å². The fraction of sp³-hybridized carbons (Fsp3) is 0.308. The van der Waals surface area contributed by atoms with E-state index in [4.69, 9.17) is 15.0 Å². The van der Waals surface area contributed by atoms with Crippen LogP contribution in [0.15, 0.2) is 33.3 Å². The molecule has 3 rings (SSSR count). The molecule has 1 fully saturated rings. The van der Waals surface area contributed by atoms with Crippen molar-refractivity contribution in [3.05, 3.63) is 28.7 Å². The van der Waals surface area contributed by atoms with Gasteiger partial charge in [0.15, 0.2) is 0 Å². The molecule has 1 aliphatic carbocycles. The van der Waals surface area contributed by atoms with Crippen LogP contribution < -0.4 is 10.5 Å². The molecule has 4 nitrogen and oxygen atoms in total. The van der Waals surface area contributed by atoms with E-state index in [9.17, 15) is 0 Å². The fourth-order valence-corrected chi connectivity index (χ4v) is 2.32. The second kappa shape index (κ2) is 4.65. The van der Waals surface area contributed by atoms with E-state index in [1.54, 1.807) is 6.07 Å². The van der Waals surface area contributed by atoms with E-state index >= 15 is 0 Å². The third-order valence-electron chi connectivity index (χ3n) is 3.10. The number of anilines is 1. The van der Waals surface area contributed by atoms with Crippen molar-refractivity contribution in [2.24, 2.45) is 0 Å². The molecule has 0 bridgehead atoms. The van der Waals surface area contributed by atoms with Gasteiger partial charge in [-0.05, 0) is 53.4 Å². The lowest BCUT2D eigenvalue weighted by molar-refractivity contribution is 0.119. The first-order valence-electron chi connectivity index (χ1n) is 5.91. The van der Waals surface area contributed by atoms with Crippen LogP contribution in [0, 0.1) is 0 Å². The highest BCUT2D eigenvalue weighted by molar-refractivity contribution is 9.10. The molecule has 0 spiro atoms. The van der Waals surface area contributed by atoms with Crippen molar-refractivity contribution >= 4 is 21.8 Å².